The van der Waals surface area contributed by atoms with Crippen LogP contribution in [0.25, 0.3) is 0 Å². The van der Waals surface area contributed by atoms with Crippen molar-refractivity contribution < 1.29 is 19.0 Å². The van der Waals surface area contributed by atoms with Gasteiger partial charge in [-0.2, -0.15) is 0 Å². The first-order valence-electron chi connectivity index (χ1n) is 7.64. The number of carboxylic acid groups (broad SMARTS) is 1. The van der Waals surface area contributed by atoms with E-state index in [1.807, 2.05) is 12.1 Å². The molecule has 0 unspecified atom stereocenters. The van der Waals surface area contributed by atoms with Crippen LogP contribution in [0.5, 0.6) is 0 Å². The van der Waals surface area contributed by atoms with Crippen LogP contribution in [0, 0.1) is 5.82 Å². The second-order valence-corrected chi connectivity index (χ2v) is 6.18. The number of ether oxygens (including phenoxy) is 1. The summed E-state index contributed by atoms with van der Waals surface area (Å²) in [5.41, 5.74) is 2.17. The predicted molar refractivity (Wildman–Crippen MR) is 88.8 cm³/mol. The summed E-state index contributed by atoms with van der Waals surface area (Å²) in [6, 6.07) is 11.5. The van der Waals surface area contributed by atoms with Gasteiger partial charge in [0.05, 0.1) is 23.3 Å². The molecule has 1 atom stereocenters. The molecule has 0 aliphatic carbocycles. The van der Waals surface area contributed by atoms with Gasteiger partial charge < -0.3 is 9.84 Å². The van der Waals surface area contributed by atoms with Gasteiger partial charge in [0.25, 0.3) is 0 Å². The molecule has 0 spiro atoms. The molecule has 126 valence electrons. The molecule has 2 aromatic carbocycles. The van der Waals surface area contributed by atoms with Gasteiger partial charge in [-0.3, -0.25) is 4.90 Å². The van der Waals surface area contributed by atoms with Gasteiger partial charge >= 0.3 is 5.97 Å². The van der Waals surface area contributed by atoms with Crippen molar-refractivity contribution >= 4 is 17.6 Å². The number of hydrogen-bond donors (Lipinski definition) is 1. The summed E-state index contributed by atoms with van der Waals surface area (Å²) in [7, 11) is 0. The van der Waals surface area contributed by atoms with Gasteiger partial charge in [-0.25, -0.2) is 9.18 Å². The van der Waals surface area contributed by atoms with Crippen molar-refractivity contribution in [1.82, 2.24) is 4.90 Å². The van der Waals surface area contributed by atoms with E-state index in [0.29, 0.717) is 19.7 Å². The summed E-state index contributed by atoms with van der Waals surface area (Å²) in [6.45, 7) is 2.73. The van der Waals surface area contributed by atoms with E-state index < -0.39 is 11.8 Å². The highest BCUT2D eigenvalue weighted by atomic mass is 35.5. The molecule has 1 saturated heterocycles. The van der Waals surface area contributed by atoms with E-state index in [9.17, 15) is 9.18 Å². The van der Waals surface area contributed by atoms with E-state index >= 15 is 0 Å². The summed E-state index contributed by atoms with van der Waals surface area (Å²) in [5.74, 6) is -1.37. The van der Waals surface area contributed by atoms with E-state index in [1.54, 1.807) is 24.3 Å². The number of carbonyl (C=O) groups is 1. The van der Waals surface area contributed by atoms with Gasteiger partial charge in [0.2, 0.25) is 0 Å². The Hall–Kier alpha value is -1.95. The van der Waals surface area contributed by atoms with E-state index in [0.717, 1.165) is 17.7 Å². The number of carboxylic acids is 1. The maximum absolute atomic E-state index is 13.3. The van der Waals surface area contributed by atoms with Gasteiger partial charge in [-0.15, -0.1) is 0 Å². The normalized spacial score (nSPS) is 18.5. The molecule has 4 nitrogen and oxygen atoms in total. The number of nitrogens with zero attached hydrogens (tertiary/aromatic N) is 1. The molecule has 24 heavy (non-hydrogen) atoms. The Morgan fingerprint density at radius 3 is 2.71 bits per heavy atom. The number of rotatable bonds is 4. The number of halogens is 2. The smallest absolute Gasteiger partial charge is 0.335 e. The molecule has 1 N–H and O–H groups in total. The second-order valence-electron chi connectivity index (χ2n) is 5.77. The molecule has 1 fully saturated rings. The fourth-order valence-corrected chi connectivity index (χ4v) is 2.96. The third-order valence-corrected chi connectivity index (χ3v) is 4.36. The third kappa shape index (κ3) is 3.93. The van der Waals surface area contributed by atoms with Gasteiger partial charge in [0.15, 0.2) is 0 Å². The molecule has 0 aromatic heterocycles. The van der Waals surface area contributed by atoms with Crippen molar-refractivity contribution in [2.75, 3.05) is 19.7 Å². The van der Waals surface area contributed by atoms with Gasteiger partial charge in [0.1, 0.15) is 5.82 Å². The van der Waals surface area contributed by atoms with Gasteiger partial charge in [0, 0.05) is 19.6 Å². The quantitative estimate of drug-likeness (QED) is 0.913. The number of morpholine rings is 1. The molecule has 0 bridgehead atoms. The van der Waals surface area contributed by atoms with Crippen molar-refractivity contribution in [3.05, 3.63) is 70.0 Å². The van der Waals surface area contributed by atoms with Crippen LogP contribution in [0.1, 0.15) is 27.6 Å². The first-order chi connectivity index (χ1) is 11.5. The van der Waals surface area contributed by atoms with Crippen LogP contribution in [0.2, 0.25) is 5.02 Å². The van der Waals surface area contributed by atoms with Crippen molar-refractivity contribution in [3.63, 3.8) is 0 Å². The van der Waals surface area contributed by atoms with Crippen LogP contribution >= 0.6 is 11.6 Å². The first kappa shape index (κ1) is 16.9. The molecule has 3 rings (SSSR count). The zero-order valence-electron chi connectivity index (χ0n) is 12.9. The van der Waals surface area contributed by atoms with Crippen LogP contribution in [-0.2, 0) is 11.3 Å². The highest BCUT2D eigenvalue weighted by Crippen LogP contribution is 2.26. The maximum atomic E-state index is 13.3. The molecule has 0 amide bonds. The second kappa shape index (κ2) is 7.30. The molecule has 0 saturated carbocycles. The molecule has 1 aliphatic rings. The van der Waals surface area contributed by atoms with Crippen molar-refractivity contribution in [3.8, 4) is 0 Å². The van der Waals surface area contributed by atoms with Crippen molar-refractivity contribution in [2.45, 2.75) is 12.6 Å². The molecule has 2 aromatic rings. The summed E-state index contributed by atoms with van der Waals surface area (Å²) >= 11 is 5.85. The largest absolute Gasteiger partial charge is 0.478 e. The van der Waals surface area contributed by atoms with Gasteiger partial charge in [-0.05, 0) is 35.4 Å². The summed E-state index contributed by atoms with van der Waals surface area (Å²) in [5, 5.41) is 9.03. The van der Waals surface area contributed by atoms with Gasteiger partial charge in [-0.1, -0.05) is 29.8 Å². The Kier molecular flexibility index (Phi) is 5.14. The minimum Gasteiger partial charge on any atom is -0.478 e. The Balaban J connectivity index is 1.66. The third-order valence-electron chi connectivity index (χ3n) is 4.07. The summed E-state index contributed by atoms with van der Waals surface area (Å²) in [6.07, 6.45) is -0.157. The highest BCUT2D eigenvalue weighted by molar-refractivity contribution is 6.30. The summed E-state index contributed by atoms with van der Waals surface area (Å²) in [4.78, 5) is 13.1. The minimum absolute atomic E-state index is 0.0949. The molecular weight excluding hydrogens is 333 g/mol. The average molecular weight is 350 g/mol. The average Bonchev–Trinajstić information content (AvgIpc) is 2.58. The van der Waals surface area contributed by atoms with Crippen molar-refractivity contribution in [2.24, 2.45) is 0 Å². The van der Waals surface area contributed by atoms with Crippen LogP contribution in [0.3, 0.4) is 0 Å². The molecule has 6 heteroatoms. The zero-order chi connectivity index (χ0) is 17.1. The SMILES string of the molecule is O=C(O)c1ccc(CN2CCO[C@H](c3ccc(F)c(Cl)c3)C2)cc1. The fourth-order valence-electron chi connectivity index (χ4n) is 2.77. The number of aromatic carboxylic acids is 1. The molecule has 1 heterocycles. The lowest BCUT2D eigenvalue weighted by Crippen LogP contribution is -2.37. The van der Waals surface area contributed by atoms with Crippen molar-refractivity contribution in [1.29, 1.82) is 0 Å². The van der Waals surface area contributed by atoms with E-state index in [4.69, 9.17) is 21.4 Å². The van der Waals surface area contributed by atoms with Crippen LogP contribution in [-0.4, -0.2) is 35.7 Å². The lowest BCUT2D eigenvalue weighted by atomic mass is 10.1. The van der Waals surface area contributed by atoms with E-state index in [2.05, 4.69) is 4.90 Å². The molecule has 0 radical (unpaired) electrons. The maximum Gasteiger partial charge on any atom is 0.335 e. The first-order valence-corrected chi connectivity index (χ1v) is 8.02. The monoisotopic (exact) mass is 349 g/mol. The Morgan fingerprint density at radius 2 is 2.04 bits per heavy atom. The lowest BCUT2D eigenvalue weighted by Gasteiger charge is -2.33. The predicted octanol–water partition coefficient (Wildman–Crippen LogP) is 3.75. The minimum atomic E-state index is -0.929. The topological polar surface area (TPSA) is 49.8 Å². The standard InChI is InChI=1S/C18H17ClFNO3/c19-15-9-14(5-6-16(15)20)17-11-21(7-8-24-17)10-12-1-3-13(4-2-12)18(22)23/h1-6,9,17H,7-8,10-11H2,(H,22,23)/t17-/m0/s1. The van der Waals surface area contributed by atoms with Crippen LogP contribution in [0.4, 0.5) is 4.39 Å². The Morgan fingerprint density at radius 1 is 1.29 bits per heavy atom. The summed E-state index contributed by atoms with van der Waals surface area (Å²) < 4.78 is 19.1. The highest BCUT2D eigenvalue weighted by Gasteiger charge is 2.22. The Bertz CT molecular complexity index is 736. The van der Waals surface area contributed by atoms with Crippen LogP contribution < -0.4 is 0 Å². The number of hydrogen-bond acceptors (Lipinski definition) is 3. The molecular formula is C18H17ClFNO3. The van der Waals surface area contributed by atoms with E-state index in [-0.39, 0.29) is 16.7 Å². The number of benzene rings is 2. The van der Waals surface area contributed by atoms with Crippen LogP contribution in [0.15, 0.2) is 42.5 Å². The Labute approximate surface area is 144 Å². The zero-order valence-corrected chi connectivity index (χ0v) is 13.7. The van der Waals surface area contributed by atoms with E-state index in [1.165, 1.54) is 6.07 Å². The molecule has 1 aliphatic heterocycles. The fraction of sp³-hybridized carbons (Fsp3) is 0.278. The lowest BCUT2D eigenvalue weighted by molar-refractivity contribution is -0.0329.